The number of hydrogen-bond donors (Lipinski definition) is 1. The first kappa shape index (κ1) is 13.6. The molecule has 110 valence electrons. The molecule has 2 fully saturated rings. The van der Waals surface area contributed by atoms with Crippen LogP contribution in [-0.2, 0) is 7.05 Å². The molecule has 2 saturated heterocycles. The first-order valence-electron chi connectivity index (χ1n) is 7.40. The van der Waals surface area contributed by atoms with Gasteiger partial charge in [-0.05, 0) is 32.4 Å². The Balaban J connectivity index is 1.58. The topological polar surface area (TPSA) is 67.4 Å². The fourth-order valence-corrected chi connectivity index (χ4v) is 3.19. The molecule has 2 aliphatic rings. The van der Waals surface area contributed by atoms with E-state index in [9.17, 15) is 4.79 Å². The number of amides is 1. The van der Waals surface area contributed by atoms with Crippen molar-refractivity contribution in [3.8, 4) is 0 Å². The van der Waals surface area contributed by atoms with Gasteiger partial charge in [-0.1, -0.05) is 0 Å². The predicted molar refractivity (Wildman–Crippen MR) is 76.3 cm³/mol. The zero-order valence-corrected chi connectivity index (χ0v) is 12.0. The van der Waals surface area contributed by atoms with E-state index >= 15 is 0 Å². The van der Waals surface area contributed by atoms with E-state index in [4.69, 9.17) is 5.73 Å². The fraction of sp³-hybridized carbons (Fsp3) is 0.714. The first-order chi connectivity index (χ1) is 9.63. The van der Waals surface area contributed by atoms with E-state index in [1.807, 2.05) is 16.5 Å². The molecule has 3 heterocycles. The van der Waals surface area contributed by atoms with Crippen molar-refractivity contribution in [2.75, 3.05) is 26.2 Å². The van der Waals surface area contributed by atoms with Crippen LogP contribution in [0.15, 0.2) is 12.5 Å². The van der Waals surface area contributed by atoms with Gasteiger partial charge in [-0.25, -0.2) is 4.98 Å². The average molecular weight is 277 g/mol. The van der Waals surface area contributed by atoms with Gasteiger partial charge in [0, 0.05) is 38.4 Å². The summed E-state index contributed by atoms with van der Waals surface area (Å²) < 4.78 is 1.81. The summed E-state index contributed by atoms with van der Waals surface area (Å²) in [7, 11) is 1.88. The van der Waals surface area contributed by atoms with E-state index in [-0.39, 0.29) is 5.91 Å². The number of imidazole rings is 1. The second-order valence-electron chi connectivity index (χ2n) is 5.99. The molecule has 0 bridgehead atoms. The van der Waals surface area contributed by atoms with Gasteiger partial charge in [-0.3, -0.25) is 9.69 Å². The minimum absolute atomic E-state index is 0.0572. The number of nitrogens with zero attached hydrogens (tertiary/aromatic N) is 4. The molecule has 1 atom stereocenters. The van der Waals surface area contributed by atoms with Crippen molar-refractivity contribution in [2.45, 2.75) is 31.3 Å². The third kappa shape index (κ3) is 2.71. The lowest BCUT2D eigenvalue weighted by molar-refractivity contribution is 0.0764. The van der Waals surface area contributed by atoms with Gasteiger partial charge in [0.1, 0.15) is 5.69 Å². The number of carbonyl (C=O) groups excluding carboxylic acids is 1. The maximum absolute atomic E-state index is 12.4. The third-order valence-electron chi connectivity index (χ3n) is 4.47. The Morgan fingerprint density at radius 3 is 2.70 bits per heavy atom. The molecule has 0 saturated carbocycles. The van der Waals surface area contributed by atoms with Crippen LogP contribution < -0.4 is 5.73 Å². The van der Waals surface area contributed by atoms with Crippen molar-refractivity contribution in [3.63, 3.8) is 0 Å². The fourth-order valence-electron chi connectivity index (χ4n) is 3.19. The van der Waals surface area contributed by atoms with Crippen LogP contribution in [0.3, 0.4) is 0 Å². The molecule has 2 aliphatic heterocycles. The second kappa shape index (κ2) is 5.54. The van der Waals surface area contributed by atoms with E-state index in [1.54, 1.807) is 12.5 Å². The van der Waals surface area contributed by atoms with Gasteiger partial charge in [0.25, 0.3) is 5.91 Å². The Bertz CT molecular complexity index is 478. The molecule has 20 heavy (non-hydrogen) atoms. The summed E-state index contributed by atoms with van der Waals surface area (Å²) in [5.74, 6) is 0.0572. The highest BCUT2D eigenvalue weighted by atomic mass is 16.2. The Morgan fingerprint density at radius 2 is 2.05 bits per heavy atom. The van der Waals surface area contributed by atoms with Crippen molar-refractivity contribution in [3.05, 3.63) is 18.2 Å². The van der Waals surface area contributed by atoms with Crippen LogP contribution in [0.5, 0.6) is 0 Å². The second-order valence-corrected chi connectivity index (χ2v) is 5.99. The smallest absolute Gasteiger partial charge is 0.274 e. The molecule has 0 aliphatic carbocycles. The van der Waals surface area contributed by atoms with E-state index in [1.165, 1.54) is 0 Å². The van der Waals surface area contributed by atoms with Crippen molar-refractivity contribution in [1.82, 2.24) is 19.4 Å². The largest absolute Gasteiger partial charge is 0.340 e. The van der Waals surface area contributed by atoms with Gasteiger partial charge in [-0.2, -0.15) is 0 Å². The number of hydrogen-bond acceptors (Lipinski definition) is 4. The van der Waals surface area contributed by atoms with Crippen LogP contribution in [0.25, 0.3) is 0 Å². The highest BCUT2D eigenvalue weighted by Crippen LogP contribution is 2.21. The van der Waals surface area contributed by atoms with E-state index in [2.05, 4.69) is 9.88 Å². The van der Waals surface area contributed by atoms with E-state index in [0.29, 0.717) is 17.8 Å². The summed E-state index contributed by atoms with van der Waals surface area (Å²) in [6, 6.07) is 0.856. The summed E-state index contributed by atoms with van der Waals surface area (Å²) in [6.45, 7) is 3.79. The number of aromatic nitrogens is 2. The van der Waals surface area contributed by atoms with Crippen LogP contribution >= 0.6 is 0 Å². The van der Waals surface area contributed by atoms with Gasteiger partial charge < -0.3 is 15.2 Å². The van der Waals surface area contributed by atoms with Crippen LogP contribution in [0, 0.1) is 0 Å². The zero-order valence-electron chi connectivity index (χ0n) is 12.0. The van der Waals surface area contributed by atoms with E-state index in [0.717, 1.165) is 45.4 Å². The lowest BCUT2D eigenvalue weighted by Crippen LogP contribution is -2.46. The standard InChI is InChI=1S/C14H23N5O/c1-17-9-13(16-10-17)14(20)19-7-4-12(8-19)18-5-2-11(15)3-6-18/h9-12H,2-8,15H2,1H3. The van der Waals surface area contributed by atoms with Gasteiger partial charge >= 0.3 is 0 Å². The lowest BCUT2D eigenvalue weighted by atomic mass is 10.0. The molecule has 6 heteroatoms. The minimum Gasteiger partial charge on any atom is -0.340 e. The first-order valence-corrected chi connectivity index (χ1v) is 7.40. The molecule has 1 aromatic rings. The minimum atomic E-state index is 0.0572. The van der Waals surface area contributed by atoms with Crippen LogP contribution in [0.1, 0.15) is 29.8 Å². The summed E-state index contributed by atoms with van der Waals surface area (Å²) in [6.07, 6.45) is 6.67. The van der Waals surface area contributed by atoms with E-state index < -0.39 is 0 Å². The van der Waals surface area contributed by atoms with Crippen molar-refractivity contribution in [2.24, 2.45) is 12.8 Å². The molecule has 2 N–H and O–H groups in total. The van der Waals surface area contributed by atoms with Crippen molar-refractivity contribution < 1.29 is 4.79 Å². The summed E-state index contributed by atoms with van der Waals surface area (Å²) in [4.78, 5) is 20.9. The Hall–Kier alpha value is -1.40. The van der Waals surface area contributed by atoms with Gasteiger partial charge in [0.05, 0.1) is 6.33 Å². The maximum Gasteiger partial charge on any atom is 0.274 e. The number of aryl methyl sites for hydroxylation is 1. The number of piperidine rings is 1. The zero-order chi connectivity index (χ0) is 14.1. The maximum atomic E-state index is 12.4. The molecule has 6 nitrogen and oxygen atoms in total. The molecule has 1 amide bonds. The van der Waals surface area contributed by atoms with Crippen LogP contribution in [0.2, 0.25) is 0 Å². The molecule has 1 unspecified atom stereocenters. The molecule has 0 aromatic carbocycles. The lowest BCUT2D eigenvalue weighted by Gasteiger charge is -2.34. The third-order valence-corrected chi connectivity index (χ3v) is 4.47. The highest BCUT2D eigenvalue weighted by Gasteiger charge is 2.32. The van der Waals surface area contributed by atoms with Crippen molar-refractivity contribution in [1.29, 1.82) is 0 Å². The predicted octanol–water partition coefficient (Wildman–Crippen LogP) is 0.0577. The number of likely N-dealkylation sites (tertiary alicyclic amines) is 2. The molecule has 1 aromatic heterocycles. The number of nitrogens with two attached hydrogens (primary N) is 1. The van der Waals surface area contributed by atoms with Gasteiger partial charge in [-0.15, -0.1) is 0 Å². The molecule has 3 rings (SSSR count). The van der Waals surface area contributed by atoms with Crippen molar-refractivity contribution >= 4 is 5.91 Å². The molecule has 0 radical (unpaired) electrons. The van der Waals surface area contributed by atoms with Crippen LogP contribution in [0.4, 0.5) is 0 Å². The SMILES string of the molecule is Cn1cnc(C(=O)N2CCC(N3CCC(N)CC3)C2)c1. The normalized spacial score (nSPS) is 25.3. The highest BCUT2D eigenvalue weighted by molar-refractivity contribution is 5.92. The molecular weight excluding hydrogens is 254 g/mol. The molecular formula is C14H23N5O. The number of rotatable bonds is 2. The monoisotopic (exact) mass is 277 g/mol. The summed E-state index contributed by atoms with van der Waals surface area (Å²) in [5, 5.41) is 0. The van der Waals surface area contributed by atoms with Crippen LogP contribution in [-0.4, -0.2) is 63.5 Å². The van der Waals surface area contributed by atoms with Gasteiger partial charge in [0.15, 0.2) is 0 Å². The van der Waals surface area contributed by atoms with Gasteiger partial charge in [0.2, 0.25) is 0 Å². The summed E-state index contributed by atoms with van der Waals surface area (Å²) >= 11 is 0. The Kier molecular flexibility index (Phi) is 3.76. The quantitative estimate of drug-likeness (QED) is 0.830. The number of carbonyl (C=O) groups is 1. The Morgan fingerprint density at radius 1 is 1.30 bits per heavy atom. The average Bonchev–Trinajstić information content (AvgIpc) is 3.08. The summed E-state index contributed by atoms with van der Waals surface area (Å²) in [5.41, 5.74) is 6.50. The Labute approximate surface area is 119 Å². The molecule has 0 spiro atoms.